The maximum absolute atomic E-state index is 11.7. The number of hydrogen-bond acceptors (Lipinski definition) is 4. The van der Waals surface area contributed by atoms with E-state index in [2.05, 4.69) is 0 Å². The first-order valence-electron chi connectivity index (χ1n) is 4.66. The Balaban J connectivity index is 2.24. The van der Waals surface area contributed by atoms with Gasteiger partial charge in [-0.1, -0.05) is 13.8 Å². The fourth-order valence-electron chi connectivity index (χ4n) is 2.38. The predicted molar refractivity (Wildman–Crippen MR) is 50.1 cm³/mol. The molecule has 4 nitrogen and oxygen atoms in total. The van der Waals surface area contributed by atoms with E-state index in [1.807, 2.05) is 0 Å². The first-order chi connectivity index (χ1) is 6.23. The average molecular weight is 218 g/mol. The van der Waals surface area contributed by atoms with Crippen molar-refractivity contribution in [2.75, 3.05) is 6.26 Å². The molecular formula is C9H14O4S. The molecule has 3 atom stereocenters. The average Bonchev–Trinajstić information content (AvgIpc) is 2.71. The lowest BCUT2D eigenvalue weighted by molar-refractivity contribution is -0.129. The minimum atomic E-state index is -3.46. The highest BCUT2D eigenvalue weighted by atomic mass is 32.2. The molecule has 80 valence electrons. The quantitative estimate of drug-likeness (QED) is 0.636. The zero-order valence-electron chi connectivity index (χ0n) is 8.48. The smallest absolute Gasteiger partial charge is 0.264 e. The second-order valence-electron chi connectivity index (χ2n) is 4.81. The Morgan fingerprint density at radius 2 is 2.00 bits per heavy atom. The molecule has 0 radical (unpaired) electrons. The van der Waals surface area contributed by atoms with E-state index in [1.165, 1.54) is 0 Å². The van der Waals surface area contributed by atoms with Crippen LogP contribution in [-0.2, 0) is 19.1 Å². The standard InChI is InChI=1S/C9H14O4S/c1-9(2)7(10)5-4-6(5)8(9)13-14(3,11)12/h5-6,8H,4H2,1-3H3. The Morgan fingerprint density at radius 3 is 2.36 bits per heavy atom. The van der Waals surface area contributed by atoms with Gasteiger partial charge in [0.05, 0.1) is 17.8 Å². The van der Waals surface area contributed by atoms with E-state index in [0.717, 1.165) is 12.7 Å². The number of ketones is 1. The third-order valence-corrected chi connectivity index (χ3v) is 3.75. The van der Waals surface area contributed by atoms with Crippen molar-refractivity contribution in [2.45, 2.75) is 26.4 Å². The summed E-state index contributed by atoms with van der Waals surface area (Å²) in [7, 11) is -3.46. The van der Waals surface area contributed by atoms with Crippen LogP contribution in [0.4, 0.5) is 0 Å². The van der Waals surface area contributed by atoms with Gasteiger partial charge in [0, 0.05) is 5.92 Å². The Bertz CT molecular complexity index is 382. The van der Waals surface area contributed by atoms with Crippen molar-refractivity contribution in [3.8, 4) is 0 Å². The lowest BCUT2D eigenvalue weighted by atomic mass is 9.84. The van der Waals surface area contributed by atoms with Crippen LogP contribution in [0.15, 0.2) is 0 Å². The molecule has 2 aliphatic rings. The lowest BCUT2D eigenvalue weighted by Gasteiger charge is -2.27. The molecule has 0 N–H and O–H groups in total. The lowest BCUT2D eigenvalue weighted by Crippen LogP contribution is -2.36. The van der Waals surface area contributed by atoms with Gasteiger partial charge in [-0.05, 0) is 12.3 Å². The third-order valence-electron chi connectivity index (χ3n) is 3.19. The van der Waals surface area contributed by atoms with Crippen molar-refractivity contribution in [2.24, 2.45) is 17.3 Å². The highest BCUT2D eigenvalue weighted by Gasteiger charge is 2.65. The predicted octanol–water partition coefficient (Wildman–Crippen LogP) is 0.576. The fraction of sp³-hybridized carbons (Fsp3) is 0.889. The topological polar surface area (TPSA) is 60.4 Å². The summed E-state index contributed by atoms with van der Waals surface area (Å²) in [5, 5.41) is 0. The number of Topliss-reactive ketones (excluding diaryl/α,β-unsaturated/α-hetero) is 1. The molecule has 0 bridgehead atoms. The summed E-state index contributed by atoms with van der Waals surface area (Å²) in [4.78, 5) is 11.7. The molecule has 0 saturated heterocycles. The van der Waals surface area contributed by atoms with Crippen molar-refractivity contribution in [1.29, 1.82) is 0 Å². The molecule has 2 aliphatic carbocycles. The number of rotatable bonds is 2. The van der Waals surface area contributed by atoms with Gasteiger partial charge in [-0.3, -0.25) is 8.98 Å². The van der Waals surface area contributed by atoms with Crippen LogP contribution in [0.5, 0.6) is 0 Å². The SMILES string of the molecule is CC1(C)C(=O)C2CC2C1OS(C)(=O)=O. The van der Waals surface area contributed by atoms with Crippen LogP contribution in [0.25, 0.3) is 0 Å². The third kappa shape index (κ3) is 1.39. The molecule has 0 aromatic rings. The molecule has 0 aliphatic heterocycles. The van der Waals surface area contributed by atoms with E-state index in [9.17, 15) is 13.2 Å². The largest absolute Gasteiger partial charge is 0.299 e. The minimum absolute atomic E-state index is 0.0525. The molecule has 0 spiro atoms. The monoisotopic (exact) mass is 218 g/mol. The molecule has 2 fully saturated rings. The molecule has 0 aromatic heterocycles. The maximum Gasteiger partial charge on any atom is 0.264 e. The van der Waals surface area contributed by atoms with Crippen molar-refractivity contribution >= 4 is 15.9 Å². The molecule has 5 heteroatoms. The van der Waals surface area contributed by atoms with Gasteiger partial charge in [0.1, 0.15) is 5.78 Å². The van der Waals surface area contributed by atoms with Crippen LogP contribution < -0.4 is 0 Å². The van der Waals surface area contributed by atoms with Gasteiger partial charge in [-0.2, -0.15) is 8.42 Å². The fourth-order valence-corrected chi connectivity index (χ4v) is 3.14. The molecule has 0 aromatic carbocycles. The van der Waals surface area contributed by atoms with Crippen molar-refractivity contribution < 1.29 is 17.4 Å². The van der Waals surface area contributed by atoms with E-state index in [4.69, 9.17) is 4.18 Å². The molecule has 3 unspecified atom stereocenters. The number of hydrogen-bond donors (Lipinski definition) is 0. The van der Waals surface area contributed by atoms with Gasteiger partial charge in [0.25, 0.3) is 10.1 Å². The summed E-state index contributed by atoms with van der Waals surface area (Å²) in [6.45, 7) is 3.52. The van der Waals surface area contributed by atoms with Gasteiger partial charge in [0.2, 0.25) is 0 Å². The highest BCUT2D eigenvalue weighted by Crippen LogP contribution is 2.58. The summed E-state index contributed by atoms with van der Waals surface area (Å²) >= 11 is 0. The normalized spacial score (nSPS) is 39.6. The minimum Gasteiger partial charge on any atom is -0.299 e. The van der Waals surface area contributed by atoms with E-state index < -0.39 is 21.6 Å². The molecule has 2 saturated carbocycles. The summed E-state index contributed by atoms with van der Waals surface area (Å²) in [5.74, 6) is 0.333. The summed E-state index contributed by atoms with van der Waals surface area (Å²) in [6, 6.07) is 0. The summed E-state index contributed by atoms with van der Waals surface area (Å²) in [5.41, 5.74) is -0.642. The molecule has 0 amide bonds. The Morgan fingerprint density at radius 1 is 1.43 bits per heavy atom. The van der Waals surface area contributed by atoms with Gasteiger partial charge < -0.3 is 0 Å². The van der Waals surface area contributed by atoms with E-state index in [0.29, 0.717) is 0 Å². The van der Waals surface area contributed by atoms with E-state index in [1.54, 1.807) is 13.8 Å². The number of carbonyl (C=O) groups is 1. The van der Waals surface area contributed by atoms with Crippen LogP contribution in [0.3, 0.4) is 0 Å². The van der Waals surface area contributed by atoms with Crippen LogP contribution in [-0.4, -0.2) is 26.6 Å². The summed E-state index contributed by atoms with van der Waals surface area (Å²) in [6.07, 6.45) is 1.38. The number of fused-ring (bicyclic) bond motifs is 1. The van der Waals surface area contributed by atoms with Crippen molar-refractivity contribution in [3.05, 3.63) is 0 Å². The van der Waals surface area contributed by atoms with Crippen LogP contribution in [0.2, 0.25) is 0 Å². The van der Waals surface area contributed by atoms with Crippen molar-refractivity contribution in [1.82, 2.24) is 0 Å². The second kappa shape index (κ2) is 2.58. The van der Waals surface area contributed by atoms with Gasteiger partial charge in [-0.25, -0.2) is 0 Å². The highest BCUT2D eigenvalue weighted by molar-refractivity contribution is 7.86. The molecule has 0 heterocycles. The first kappa shape index (κ1) is 10.1. The van der Waals surface area contributed by atoms with Crippen molar-refractivity contribution in [3.63, 3.8) is 0 Å². The Hall–Kier alpha value is -0.420. The Kier molecular flexibility index (Phi) is 1.86. The van der Waals surface area contributed by atoms with E-state index >= 15 is 0 Å². The first-order valence-corrected chi connectivity index (χ1v) is 6.48. The maximum atomic E-state index is 11.7. The van der Waals surface area contributed by atoms with Gasteiger partial charge in [-0.15, -0.1) is 0 Å². The molecular weight excluding hydrogens is 204 g/mol. The van der Waals surface area contributed by atoms with E-state index in [-0.39, 0.29) is 17.6 Å². The van der Waals surface area contributed by atoms with Gasteiger partial charge in [0.15, 0.2) is 0 Å². The van der Waals surface area contributed by atoms with Crippen LogP contribution >= 0.6 is 0 Å². The molecule has 2 rings (SSSR count). The van der Waals surface area contributed by atoms with Gasteiger partial charge >= 0.3 is 0 Å². The Labute approximate surface area is 83.8 Å². The van der Waals surface area contributed by atoms with Crippen LogP contribution in [0.1, 0.15) is 20.3 Å². The zero-order chi connectivity index (χ0) is 10.7. The second-order valence-corrected chi connectivity index (χ2v) is 6.41. The van der Waals surface area contributed by atoms with Crippen LogP contribution in [0, 0.1) is 17.3 Å². The molecule has 14 heavy (non-hydrogen) atoms. The summed E-state index contributed by atoms with van der Waals surface area (Å²) < 4.78 is 27.0. The number of carbonyl (C=O) groups excluding carboxylic acids is 1. The zero-order valence-corrected chi connectivity index (χ0v) is 9.30.